The van der Waals surface area contributed by atoms with E-state index in [4.69, 9.17) is 0 Å². The molecule has 1 aliphatic carbocycles. The molecule has 1 aromatic carbocycles. The number of ketones is 1. The van der Waals surface area contributed by atoms with Crippen molar-refractivity contribution in [1.82, 2.24) is 0 Å². The van der Waals surface area contributed by atoms with Crippen LogP contribution in [0.5, 0.6) is 0 Å². The molecule has 84 valence electrons. The maximum atomic E-state index is 11.3. The Bertz CT molecular complexity index is 386. The van der Waals surface area contributed by atoms with E-state index < -0.39 is 0 Å². The van der Waals surface area contributed by atoms with E-state index in [2.05, 4.69) is 43.3 Å². The van der Waals surface area contributed by atoms with E-state index in [0.717, 1.165) is 25.7 Å². The smallest absolute Gasteiger partial charge is 0.133 e. The molecule has 0 aromatic heterocycles. The fourth-order valence-corrected chi connectivity index (χ4v) is 2.15. The van der Waals surface area contributed by atoms with E-state index in [1.54, 1.807) is 0 Å². The summed E-state index contributed by atoms with van der Waals surface area (Å²) in [4.78, 5) is 11.3. The van der Waals surface area contributed by atoms with Gasteiger partial charge < -0.3 is 0 Å². The third-order valence-electron chi connectivity index (χ3n) is 3.16. The zero-order valence-electron chi connectivity index (χ0n) is 9.78. The summed E-state index contributed by atoms with van der Waals surface area (Å²) in [6.07, 6.45) is 8.08. The third-order valence-corrected chi connectivity index (χ3v) is 3.16. The Labute approximate surface area is 97.2 Å². The second-order valence-electron chi connectivity index (χ2n) is 4.66. The molecule has 0 saturated heterocycles. The van der Waals surface area contributed by atoms with Crippen molar-refractivity contribution in [3.05, 3.63) is 41.5 Å². The van der Waals surface area contributed by atoms with E-state index in [0.29, 0.717) is 11.7 Å². The Kier molecular flexibility index (Phi) is 3.55. The molecule has 0 radical (unpaired) electrons. The van der Waals surface area contributed by atoms with Crippen LogP contribution in [0.2, 0.25) is 0 Å². The quantitative estimate of drug-likeness (QED) is 0.732. The summed E-state index contributed by atoms with van der Waals surface area (Å²) in [5.41, 5.74) is 2.51. The van der Waals surface area contributed by atoms with Gasteiger partial charge in [0.1, 0.15) is 5.78 Å². The monoisotopic (exact) mass is 214 g/mol. The van der Waals surface area contributed by atoms with Crippen LogP contribution in [0.1, 0.15) is 36.8 Å². The Balaban J connectivity index is 1.98. The van der Waals surface area contributed by atoms with Crippen LogP contribution in [0.25, 0.3) is 6.08 Å². The molecule has 0 N–H and O–H groups in total. The lowest BCUT2D eigenvalue weighted by molar-refractivity contribution is -0.121. The Morgan fingerprint density at radius 2 is 2.00 bits per heavy atom. The normalized spacial score (nSPS) is 21.6. The first-order valence-corrected chi connectivity index (χ1v) is 6.00. The number of rotatable bonds is 2. The molecule has 1 saturated carbocycles. The Morgan fingerprint density at radius 3 is 2.69 bits per heavy atom. The Hall–Kier alpha value is -1.37. The van der Waals surface area contributed by atoms with Gasteiger partial charge in [-0.3, -0.25) is 4.79 Å². The van der Waals surface area contributed by atoms with Gasteiger partial charge in [-0.2, -0.15) is 0 Å². The van der Waals surface area contributed by atoms with Crippen LogP contribution < -0.4 is 0 Å². The zero-order chi connectivity index (χ0) is 11.4. The number of carbonyl (C=O) groups is 1. The predicted octanol–water partition coefficient (Wildman–Crippen LogP) is 3.77. The van der Waals surface area contributed by atoms with Gasteiger partial charge in [-0.25, -0.2) is 0 Å². The Morgan fingerprint density at radius 1 is 1.25 bits per heavy atom. The molecule has 1 heteroatoms. The van der Waals surface area contributed by atoms with Crippen LogP contribution in [-0.2, 0) is 4.79 Å². The molecular formula is C15H18O. The minimum Gasteiger partial charge on any atom is -0.300 e. The second kappa shape index (κ2) is 5.11. The van der Waals surface area contributed by atoms with Crippen LogP contribution in [0.3, 0.4) is 0 Å². The number of benzene rings is 1. The van der Waals surface area contributed by atoms with Gasteiger partial charge in [0.25, 0.3) is 0 Å². The summed E-state index contributed by atoms with van der Waals surface area (Å²) >= 11 is 0. The summed E-state index contributed by atoms with van der Waals surface area (Å²) < 4.78 is 0. The molecule has 0 spiro atoms. The minimum atomic E-state index is 0.421. The highest BCUT2D eigenvalue weighted by molar-refractivity contribution is 5.79. The number of hydrogen-bond acceptors (Lipinski definition) is 1. The maximum absolute atomic E-state index is 11.3. The SMILES string of the molecule is Cc1ccc(/C=C/[C@@H]2CCCC(=O)C2)cc1. The predicted molar refractivity (Wildman–Crippen MR) is 67.2 cm³/mol. The first-order chi connectivity index (χ1) is 7.74. The first kappa shape index (κ1) is 11.1. The summed E-state index contributed by atoms with van der Waals surface area (Å²) in [6.45, 7) is 2.09. The third kappa shape index (κ3) is 3.06. The van der Waals surface area contributed by atoms with Gasteiger partial charge in [0.15, 0.2) is 0 Å². The number of aryl methyl sites for hydroxylation is 1. The molecule has 16 heavy (non-hydrogen) atoms. The lowest BCUT2D eigenvalue weighted by Crippen LogP contribution is -2.12. The maximum Gasteiger partial charge on any atom is 0.133 e. The minimum absolute atomic E-state index is 0.421. The van der Waals surface area contributed by atoms with E-state index in [-0.39, 0.29) is 0 Å². The van der Waals surface area contributed by atoms with E-state index >= 15 is 0 Å². The highest BCUT2D eigenvalue weighted by Crippen LogP contribution is 2.23. The fourth-order valence-electron chi connectivity index (χ4n) is 2.15. The summed E-state index contributed by atoms with van der Waals surface area (Å²) in [7, 11) is 0. The number of carbonyl (C=O) groups excluding carboxylic acids is 1. The van der Waals surface area contributed by atoms with Crippen molar-refractivity contribution >= 4 is 11.9 Å². The van der Waals surface area contributed by atoms with Crippen molar-refractivity contribution in [2.75, 3.05) is 0 Å². The molecule has 2 rings (SSSR count). The molecule has 0 amide bonds. The molecule has 1 fully saturated rings. The van der Waals surface area contributed by atoms with Gasteiger partial charge in [-0.05, 0) is 31.2 Å². The van der Waals surface area contributed by atoms with E-state index in [1.165, 1.54) is 11.1 Å². The van der Waals surface area contributed by atoms with Gasteiger partial charge in [0.05, 0.1) is 0 Å². The standard InChI is InChI=1S/C15H18O/c1-12-5-7-13(8-6-12)9-10-14-3-2-4-15(16)11-14/h5-10,14H,2-4,11H2,1H3/b10-9+/t14-/m0/s1. The van der Waals surface area contributed by atoms with Gasteiger partial charge in [-0.15, -0.1) is 0 Å². The lowest BCUT2D eigenvalue weighted by Gasteiger charge is -2.16. The van der Waals surface area contributed by atoms with Crippen molar-refractivity contribution in [2.24, 2.45) is 5.92 Å². The van der Waals surface area contributed by atoms with Crippen molar-refractivity contribution in [3.8, 4) is 0 Å². The van der Waals surface area contributed by atoms with E-state index in [9.17, 15) is 4.79 Å². The van der Waals surface area contributed by atoms with Crippen molar-refractivity contribution in [2.45, 2.75) is 32.6 Å². The number of allylic oxidation sites excluding steroid dienone is 1. The largest absolute Gasteiger partial charge is 0.300 e. The molecule has 1 atom stereocenters. The number of Topliss-reactive ketones (excluding diaryl/α,β-unsaturated/α-hetero) is 1. The second-order valence-corrected chi connectivity index (χ2v) is 4.66. The van der Waals surface area contributed by atoms with E-state index in [1.807, 2.05) is 0 Å². The first-order valence-electron chi connectivity index (χ1n) is 6.00. The van der Waals surface area contributed by atoms with Crippen molar-refractivity contribution in [3.63, 3.8) is 0 Å². The van der Waals surface area contributed by atoms with Crippen LogP contribution in [-0.4, -0.2) is 5.78 Å². The van der Waals surface area contributed by atoms with Crippen LogP contribution in [0.15, 0.2) is 30.3 Å². The van der Waals surface area contributed by atoms with Crippen LogP contribution in [0, 0.1) is 12.8 Å². The average Bonchev–Trinajstić information content (AvgIpc) is 2.28. The highest BCUT2D eigenvalue weighted by Gasteiger charge is 2.16. The zero-order valence-corrected chi connectivity index (χ0v) is 9.78. The molecule has 0 bridgehead atoms. The van der Waals surface area contributed by atoms with Gasteiger partial charge in [-0.1, -0.05) is 42.0 Å². The summed E-state index contributed by atoms with van der Waals surface area (Å²) in [5, 5.41) is 0. The highest BCUT2D eigenvalue weighted by atomic mass is 16.1. The molecule has 1 nitrogen and oxygen atoms in total. The van der Waals surface area contributed by atoms with Gasteiger partial charge >= 0.3 is 0 Å². The van der Waals surface area contributed by atoms with Crippen molar-refractivity contribution < 1.29 is 4.79 Å². The molecular weight excluding hydrogens is 196 g/mol. The fraction of sp³-hybridized carbons (Fsp3) is 0.400. The summed E-state index contributed by atoms with van der Waals surface area (Å²) in [6, 6.07) is 8.48. The molecule has 1 aliphatic rings. The number of hydrogen-bond donors (Lipinski definition) is 0. The lowest BCUT2D eigenvalue weighted by atomic mass is 9.88. The molecule has 0 heterocycles. The molecule has 0 aliphatic heterocycles. The van der Waals surface area contributed by atoms with Gasteiger partial charge in [0.2, 0.25) is 0 Å². The van der Waals surface area contributed by atoms with Crippen molar-refractivity contribution in [1.29, 1.82) is 0 Å². The molecule has 0 unspecified atom stereocenters. The average molecular weight is 214 g/mol. The topological polar surface area (TPSA) is 17.1 Å². The molecule has 1 aromatic rings. The summed E-state index contributed by atoms with van der Waals surface area (Å²) in [5.74, 6) is 0.882. The van der Waals surface area contributed by atoms with Crippen LogP contribution >= 0.6 is 0 Å². The van der Waals surface area contributed by atoms with Gasteiger partial charge in [0, 0.05) is 12.8 Å². The van der Waals surface area contributed by atoms with Crippen LogP contribution in [0.4, 0.5) is 0 Å².